The lowest BCUT2D eigenvalue weighted by Crippen LogP contribution is -2.32. The van der Waals surface area contributed by atoms with Gasteiger partial charge < -0.3 is 10.4 Å². The highest BCUT2D eigenvalue weighted by Crippen LogP contribution is 2.33. The van der Waals surface area contributed by atoms with E-state index in [9.17, 15) is 17.9 Å². The second kappa shape index (κ2) is 4.96. The zero-order chi connectivity index (χ0) is 13.5. The van der Waals surface area contributed by atoms with Crippen molar-refractivity contribution in [2.45, 2.75) is 12.1 Å². The van der Waals surface area contributed by atoms with Gasteiger partial charge in [-0.3, -0.25) is 0 Å². The Kier molecular flexibility index (Phi) is 3.87. The van der Waals surface area contributed by atoms with Crippen LogP contribution in [0.2, 0.25) is 5.02 Å². The third-order valence-electron chi connectivity index (χ3n) is 2.66. The molecule has 2 N–H and O–H groups in total. The summed E-state index contributed by atoms with van der Waals surface area (Å²) in [6.45, 7) is 0. The maximum absolute atomic E-state index is 13.0. The van der Waals surface area contributed by atoms with E-state index in [4.69, 9.17) is 11.6 Å². The Labute approximate surface area is 117 Å². The van der Waals surface area contributed by atoms with Crippen molar-refractivity contribution in [2.75, 3.05) is 16.8 Å². The molecule has 100 valence electrons. The van der Waals surface area contributed by atoms with Gasteiger partial charge in [0.15, 0.2) is 9.84 Å². The lowest BCUT2D eigenvalue weighted by atomic mass is 10.2. The number of aliphatic hydroxyl groups is 1. The van der Waals surface area contributed by atoms with E-state index in [1.54, 1.807) is 0 Å². The second-order valence-electron chi connectivity index (χ2n) is 4.14. The zero-order valence-corrected chi connectivity index (χ0v) is 12.2. The van der Waals surface area contributed by atoms with Crippen molar-refractivity contribution in [1.29, 1.82) is 0 Å². The molecule has 1 aromatic rings. The van der Waals surface area contributed by atoms with Gasteiger partial charge in [-0.25, -0.2) is 12.8 Å². The van der Waals surface area contributed by atoms with E-state index in [0.29, 0.717) is 10.2 Å². The number of sulfone groups is 1. The van der Waals surface area contributed by atoms with Gasteiger partial charge in [0.2, 0.25) is 0 Å². The molecule has 2 rings (SSSR count). The van der Waals surface area contributed by atoms with Crippen LogP contribution in [0.5, 0.6) is 0 Å². The summed E-state index contributed by atoms with van der Waals surface area (Å²) in [4.78, 5) is 0. The fourth-order valence-corrected chi connectivity index (χ4v) is 4.50. The van der Waals surface area contributed by atoms with Crippen LogP contribution in [0.25, 0.3) is 0 Å². The molecule has 2 unspecified atom stereocenters. The van der Waals surface area contributed by atoms with Gasteiger partial charge >= 0.3 is 0 Å². The number of hydrogen-bond acceptors (Lipinski definition) is 4. The molecule has 0 spiro atoms. The molecule has 0 bridgehead atoms. The summed E-state index contributed by atoms with van der Waals surface area (Å²) in [7, 11) is -3.24. The van der Waals surface area contributed by atoms with E-state index in [1.807, 2.05) is 0 Å². The molecule has 1 aromatic carbocycles. The Hall–Kier alpha value is -0.370. The molecular weight excluding hydrogens is 349 g/mol. The third kappa shape index (κ3) is 2.96. The molecule has 1 fully saturated rings. The summed E-state index contributed by atoms with van der Waals surface area (Å²) in [6, 6.07) is 1.68. The first kappa shape index (κ1) is 14.0. The molecule has 0 aliphatic carbocycles. The molecule has 8 heteroatoms. The number of benzene rings is 1. The predicted molar refractivity (Wildman–Crippen MR) is 71.2 cm³/mol. The minimum atomic E-state index is -3.24. The predicted octanol–water partition coefficient (Wildman–Crippen LogP) is 1.81. The van der Waals surface area contributed by atoms with Crippen molar-refractivity contribution in [3.8, 4) is 0 Å². The standard InChI is InChI=1S/C10H10BrClFNO3S/c11-6-1-5(13)2-7(12)10(6)14-8-3-18(16,17)4-9(8)15/h1-2,8-9,14-15H,3-4H2. The molecule has 2 atom stereocenters. The highest BCUT2D eigenvalue weighted by molar-refractivity contribution is 9.10. The normalized spacial score (nSPS) is 26.2. The van der Waals surface area contributed by atoms with Gasteiger partial charge in [0.1, 0.15) is 5.82 Å². The van der Waals surface area contributed by atoms with Crippen molar-refractivity contribution in [1.82, 2.24) is 0 Å². The van der Waals surface area contributed by atoms with Crippen LogP contribution < -0.4 is 5.32 Å². The average molecular weight is 359 g/mol. The maximum Gasteiger partial charge on any atom is 0.155 e. The summed E-state index contributed by atoms with van der Waals surface area (Å²) in [5, 5.41) is 12.6. The van der Waals surface area contributed by atoms with Crippen LogP contribution in [0.15, 0.2) is 16.6 Å². The smallest absolute Gasteiger partial charge is 0.155 e. The van der Waals surface area contributed by atoms with E-state index >= 15 is 0 Å². The Morgan fingerprint density at radius 2 is 2.11 bits per heavy atom. The first-order chi connectivity index (χ1) is 8.28. The summed E-state index contributed by atoms with van der Waals surface area (Å²) in [5.41, 5.74) is 0.374. The number of rotatable bonds is 2. The molecule has 0 radical (unpaired) electrons. The number of nitrogens with one attached hydrogen (secondary N) is 1. The fraction of sp³-hybridized carbons (Fsp3) is 0.400. The molecule has 0 amide bonds. The van der Waals surface area contributed by atoms with E-state index in [0.717, 1.165) is 6.07 Å². The molecule has 18 heavy (non-hydrogen) atoms. The number of anilines is 1. The summed E-state index contributed by atoms with van der Waals surface area (Å²) < 4.78 is 36.1. The average Bonchev–Trinajstić information content (AvgIpc) is 2.45. The minimum absolute atomic E-state index is 0.123. The fourth-order valence-electron chi connectivity index (χ4n) is 1.83. The molecule has 0 saturated carbocycles. The van der Waals surface area contributed by atoms with Gasteiger partial charge in [-0.15, -0.1) is 0 Å². The Balaban J connectivity index is 2.26. The molecule has 4 nitrogen and oxygen atoms in total. The minimum Gasteiger partial charge on any atom is -0.390 e. The number of aliphatic hydroxyl groups excluding tert-OH is 1. The van der Waals surface area contributed by atoms with Gasteiger partial charge in [-0.05, 0) is 28.1 Å². The van der Waals surface area contributed by atoms with Crippen LogP contribution in [-0.4, -0.2) is 37.2 Å². The summed E-state index contributed by atoms with van der Waals surface area (Å²) >= 11 is 9.00. The first-order valence-corrected chi connectivity index (χ1v) is 8.07. The monoisotopic (exact) mass is 357 g/mol. The lowest BCUT2D eigenvalue weighted by molar-refractivity contribution is 0.190. The Morgan fingerprint density at radius 1 is 1.44 bits per heavy atom. The molecule has 1 heterocycles. The third-order valence-corrected chi connectivity index (χ3v) is 5.30. The largest absolute Gasteiger partial charge is 0.390 e. The van der Waals surface area contributed by atoms with Gasteiger partial charge in [0, 0.05) is 4.47 Å². The van der Waals surface area contributed by atoms with Crippen LogP contribution in [0.3, 0.4) is 0 Å². The Bertz CT molecular complexity index is 557. The zero-order valence-electron chi connectivity index (χ0n) is 9.03. The molecule has 1 saturated heterocycles. The number of halogens is 3. The van der Waals surface area contributed by atoms with Crippen LogP contribution in [0, 0.1) is 5.82 Å². The van der Waals surface area contributed by atoms with Gasteiger partial charge in [-0.1, -0.05) is 11.6 Å². The van der Waals surface area contributed by atoms with E-state index in [-0.39, 0.29) is 16.5 Å². The van der Waals surface area contributed by atoms with Gasteiger partial charge in [0.05, 0.1) is 34.4 Å². The van der Waals surface area contributed by atoms with Gasteiger partial charge in [0.25, 0.3) is 0 Å². The first-order valence-electron chi connectivity index (χ1n) is 5.08. The van der Waals surface area contributed by atoms with Crippen molar-refractivity contribution in [2.24, 2.45) is 0 Å². The topological polar surface area (TPSA) is 66.4 Å². The lowest BCUT2D eigenvalue weighted by Gasteiger charge is -2.18. The summed E-state index contributed by atoms with van der Waals surface area (Å²) in [6.07, 6.45) is -0.997. The van der Waals surface area contributed by atoms with Crippen molar-refractivity contribution in [3.63, 3.8) is 0 Å². The molecule has 1 aliphatic heterocycles. The van der Waals surface area contributed by atoms with Crippen LogP contribution >= 0.6 is 27.5 Å². The SMILES string of the molecule is O=S1(=O)CC(O)C(Nc2c(Cl)cc(F)cc2Br)C1. The van der Waals surface area contributed by atoms with E-state index < -0.39 is 27.8 Å². The Morgan fingerprint density at radius 3 is 2.61 bits per heavy atom. The van der Waals surface area contributed by atoms with E-state index in [2.05, 4.69) is 21.2 Å². The second-order valence-corrected chi connectivity index (χ2v) is 7.55. The molecule has 0 aromatic heterocycles. The van der Waals surface area contributed by atoms with Crippen LogP contribution in [0.4, 0.5) is 10.1 Å². The van der Waals surface area contributed by atoms with Crippen LogP contribution in [-0.2, 0) is 9.84 Å². The maximum atomic E-state index is 13.0. The van der Waals surface area contributed by atoms with E-state index in [1.165, 1.54) is 6.07 Å². The molecular formula is C10H10BrClFNO3S. The van der Waals surface area contributed by atoms with Crippen molar-refractivity contribution >= 4 is 43.1 Å². The quantitative estimate of drug-likeness (QED) is 0.846. The highest BCUT2D eigenvalue weighted by atomic mass is 79.9. The van der Waals surface area contributed by atoms with Crippen LogP contribution in [0.1, 0.15) is 0 Å². The number of hydrogen-bond donors (Lipinski definition) is 2. The van der Waals surface area contributed by atoms with Crippen molar-refractivity contribution < 1.29 is 17.9 Å². The molecule has 1 aliphatic rings. The summed E-state index contributed by atoms with van der Waals surface area (Å²) in [5.74, 6) is -0.952. The highest BCUT2D eigenvalue weighted by Gasteiger charge is 2.36. The van der Waals surface area contributed by atoms with Gasteiger partial charge in [-0.2, -0.15) is 0 Å². The van der Waals surface area contributed by atoms with Crippen molar-refractivity contribution in [3.05, 3.63) is 27.4 Å².